The monoisotopic (exact) mass is 289 g/mol. The summed E-state index contributed by atoms with van der Waals surface area (Å²) in [6.45, 7) is 5.76. The minimum Gasteiger partial charge on any atom is -0.497 e. The van der Waals surface area contributed by atoms with Crippen molar-refractivity contribution in [3.05, 3.63) is 35.3 Å². The van der Waals surface area contributed by atoms with Gasteiger partial charge in [0.2, 0.25) is 0 Å². The molecule has 0 amide bonds. The third-order valence-corrected chi connectivity index (χ3v) is 3.19. The highest BCUT2D eigenvalue weighted by Gasteiger charge is 2.21. The van der Waals surface area contributed by atoms with Crippen LogP contribution < -0.4 is 10.5 Å². The molecule has 0 aliphatic heterocycles. The van der Waals surface area contributed by atoms with E-state index in [0.29, 0.717) is 5.82 Å². The molecule has 2 N–H and O–H groups in total. The Morgan fingerprint density at radius 3 is 2.67 bits per heavy atom. The number of ether oxygens (including phenoxy) is 2. The summed E-state index contributed by atoms with van der Waals surface area (Å²) in [5.74, 6) is 1.16. The molecule has 0 aliphatic rings. The highest BCUT2D eigenvalue weighted by atomic mass is 16.5. The number of rotatable bonds is 4. The van der Waals surface area contributed by atoms with Gasteiger partial charge in [-0.15, -0.1) is 0 Å². The number of nitrogen functional groups attached to an aromatic ring is 1. The molecule has 0 aliphatic carbocycles. The van der Waals surface area contributed by atoms with E-state index in [1.807, 2.05) is 25.1 Å². The Morgan fingerprint density at radius 2 is 2.10 bits per heavy atom. The number of aromatic nitrogens is 2. The Labute approximate surface area is 123 Å². The summed E-state index contributed by atoms with van der Waals surface area (Å²) in [6.07, 6.45) is 0. The van der Waals surface area contributed by atoms with Gasteiger partial charge in [0, 0.05) is 0 Å². The summed E-state index contributed by atoms with van der Waals surface area (Å²) in [5, 5.41) is 0. The molecule has 21 heavy (non-hydrogen) atoms. The lowest BCUT2D eigenvalue weighted by Gasteiger charge is -2.12. The summed E-state index contributed by atoms with van der Waals surface area (Å²) in [5.41, 5.74) is 8.04. The maximum absolute atomic E-state index is 11.8. The van der Waals surface area contributed by atoms with Gasteiger partial charge < -0.3 is 15.2 Å². The Hall–Kier alpha value is -2.50. The minimum absolute atomic E-state index is 0.143. The molecule has 0 radical (unpaired) electrons. The zero-order valence-electron chi connectivity index (χ0n) is 12.6. The van der Waals surface area contributed by atoms with Crippen LogP contribution in [0.2, 0.25) is 0 Å². The highest BCUT2D eigenvalue weighted by Crippen LogP contribution is 2.26. The average Bonchev–Trinajstić information content (AvgIpc) is 2.75. The second-order valence-electron chi connectivity index (χ2n) is 4.60. The van der Waals surface area contributed by atoms with Gasteiger partial charge in [-0.05, 0) is 44.5 Å². The highest BCUT2D eigenvalue weighted by molar-refractivity contribution is 5.92. The first-order chi connectivity index (χ1) is 9.99. The molecule has 6 heteroatoms. The molecule has 0 fully saturated rings. The Balaban J connectivity index is 2.52. The predicted octanol–water partition coefficient (Wildman–Crippen LogP) is 2.26. The smallest absolute Gasteiger partial charge is 0.360 e. The van der Waals surface area contributed by atoms with E-state index in [4.69, 9.17) is 15.2 Å². The van der Waals surface area contributed by atoms with Crippen LogP contribution in [0.4, 0.5) is 5.82 Å². The molecule has 6 nitrogen and oxygen atoms in total. The van der Waals surface area contributed by atoms with Crippen molar-refractivity contribution in [3.63, 3.8) is 0 Å². The van der Waals surface area contributed by atoms with Crippen LogP contribution in [0.1, 0.15) is 28.8 Å². The van der Waals surface area contributed by atoms with Gasteiger partial charge >= 0.3 is 5.97 Å². The first-order valence-corrected chi connectivity index (χ1v) is 6.66. The number of hydrogen-bond donors (Lipinski definition) is 1. The van der Waals surface area contributed by atoms with Crippen LogP contribution in [0.5, 0.6) is 5.75 Å². The van der Waals surface area contributed by atoms with Crippen molar-refractivity contribution < 1.29 is 14.3 Å². The Bertz CT molecular complexity index is 677. The van der Waals surface area contributed by atoms with E-state index in [1.54, 1.807) is 25.5 Å². The number of hydrogen-bond acceptors (Lipinski definition) is 5. The number of esters is 1. The van der Waals surface area contributed by atoms with Crippen LogP contribution in [0.3, 0.4) is 0 Å². The maximum Gasteiger partial charge on any atom is 0.360 e. The summed E-state index contributed by atoms with van der Waals surface area (Å²) >= 11 is 0. The number of nitrogens with two attached hydrogens (primary N) is 1. The van der Waals surface area contributed by atoms with Crippen molar-refractivity contribution >= 4 is 11.8 Å². The Kier molecular flexibility index (Phi) is 4.16. The molecule has 1 aromatic carbocycles. The molecule has 2 aromatic rings. The van der Waals surface area contributed by atoms with Crippen molar-refractivity contribution in [2.75, 3.05) is 19.5 Å². The van der Waals surface area contributed by atoms with Crippen molar-refractivity contribution in [1.29, 1.82) is 0 Å². The van der Waals surface area contributed by atoms with E-state index < -0.39 is 5.97 Å². The molecule has 2 rings (SSSR count). The standard InChI is InChI=1S/C15H19N3O3/c1-5-21-15(19)13-14(16)18(10(3)17-13)12-7-6-11(20-4)8-9(12)2/h6-8H,5,16H2,1-4H3. The van der Waals surface area contributed by atoms with Gasteiger partial charge in [-0.1, -0.05) is 0 Å². The number of carbonyl (C=O) groups excluding carboxylic acids is 1. The fourth-order valence-corrected chi connectivity index (χ4v) is 2.21. The fraction of sp³-hybridized carbons (Fsp3) is 0.333. The van der Waals surface area contributed by atoms with Gasteiger partial charge in [-0.2, -0.15) is 0 Å². The van der Waals surface area contributed by atoms with Gasteiger partial charge in [0.15, 0.2) is 5.69 Å². The van der Waals surface area contributed by atoms with Crippen molar-refractivity contribution in [1.82, 2.24) is 9.55 Å². The van der Waals surface area contributed by atoms with Crippen LogP contribution in [-0.2, 0) is 4.74 Å². The Morgan fingerprint density at radius 1 is 1.38 bits per heavy atom. The fourth-order valence-electron chi connectivity index (χ4n) is 2.21. The van der Waals surface area contributed by atoms with E-state index in [-0.39, 0.29) is 18.1 Å². The van der Waals surface area contributed by atoms with Crippen LogP contribution in [0, 0.1) is 13.8 Å². The second-order valence-corrected chi connectivity index (χ2v) is 4.60. The van der Waals surface area contributed by atoms with Gasteiger partial charge in [-0.3, -0.25) is 4.57 Å². The lowest BCUT2D eigenvalue weighted by molar-refractivity contribution is 0.0521. The van der Waals surface area contributed by atoms with E-state index >= 15 is 0 Å². The molecular weight excluding hydrogens is 270 g/mol. The molecule has 1 heterocycles. The number of aryl methyl sites for hydroxylation is 2. The number of benzene rings is 1. The molecule has 1 aromatic heterocycles. The first-order valence-electron chi connectivity index (χ1n) is 6.66. The lowest BCUT2D eigenvalue weighted by atomic mass is 10.2. The molecule has 0 saturated carbocycles. The lowest BCUT2D eigenvalue weighted by Crippen LogP contribution is -2.10. The van der Waals surface area contributed by atoms with Crippen LogP contribution in [-0.4, -0.2) is 29.2 Å². The normalized spacial score (nSPS) is 10.5. The number of imidazole rings is 1. The predicted molar refractivity (Wildman–Crippen MR) is 80.0 cm³/mol. The molecule has 0 saturated heterocycles. The van der Waals surface area contributed by atoms with Gasteiger partial charge in [0.25, 0.3) is 0 Å². The third-order valence-electron chi connectivity index (χ3n) is 3.19. The molecule has 0 bridgehead atoms. The third kappa shape index (κ3) is 2.69. The second kappa shape index (κ2) is 5.87. The number of carbonyl (C=O) groups is 1. The summed E-state index contributed by atoms with van der Waals surface area (Å²) < 4.78 is 11.9. The van der Waals surface area contributed by atoms with Crippen molar-refractivity contribution in [2.45, 2.75) is 20.8 Å². The summed E-state index contributed by atoms with van der Waals surface area (Å²) in [4.78, 5) is 16.1. The topological polar surface area (TPSA) is 79.4 Å². The zero-order chi connectivity index (χ0) is 15.6. The minimum atomic E-state index is -0.511. The average molecular weight is 289 g/mol. The van der Waals surface area contributed by atoms with Crippen LogP contribution in [0.25, 0.3) is 5.69 Å². The van der Waals surface area contributed by atoms with Gasteiger partial charge in [0.1, 0.15) is 17.4 Å². The molecule has 0 spiro atoms. The molecule has 0 unspecified atom stereocenters. The maximum atomic E-state index is 11.8. The summed E-state index contributed by atoms with van der Waals surface area (Å²) in [7, 11) is 1.62. The number of methoxy groups -OCH3 is 1. The van der Waals surface area contributed by atoms with Crippen LogP contribution in [0.15, 0.2) is 18.2 Å². The number of anilines is 1. The van der Waals surface area contributed by atoms with E-state index in [1.165, 1.54) is 0 Å². The molecular formula is C15H19N3O3. The summed E-state index contributed by atoms with van der Waals surface area (Å²) in [6, 6.07) is 5.62. The van der Waals surface area contributed by atoms with Crippen molar-refractivity contribution in [2.24, 2.45) is 0 Å². The van der Waals surface area contributed by atoms with E-state index in [9.17, 15) is 4.79 Å². The van der Waals surface area contributed by atoms with Crippen LogP contribution >= 0.6 is 0 Å². The quantitative estimate of drug-likeness (QED) is 0.873. The van der Waals surface area contributed by atoms with Gasteiger partial charge in [0.05, 0.1) is 19.4 Å². The van der Waals surface area contributed by atoms with E-state index in [2.05, 4.69) is 4.98 Å². The first kappa shape index (κ1) is 14.9. The SMILES string of the molecule is CCOC(=O)c1nc(C)n(-c2ccc(OC)cc2C)c1N. The van der Waals surface area contributed by atoms with E-state index in [0.717, 1.165) is 17.0 Å². The number of nitrogens with zero attached hydrogens (tertiary/aromatic N) is 2. The molecule has 112 valence electrons. The largest absolute Gasteiger partial charge is 0.497 e. The van der Waals surface area contributed by atoms with Gasteiger partial charge in [-0.25, -0.2) is 9.78 Å². The zero-order valence-corrected chi connectivity index (χ0v) is 12.6. The molecule has 0 atom stereocenters. The van der Waals surface area contributed by atoms with Crippen molar-refractivity contribution in [3.8, 4) is 11.4 Å².